The zero-order chi connectivity index (χ0) is 21.7. The molecule has 0 bridgehead atoms. The first-order chi connectivity index (χ1) is 14.1. The number of pyridine rings is 1. The van der Waals surface area contributed by atoms with Gasteiger partial charge in [0.15, 0.2) is 15.7 Å². The van der Waals surface area contributed by atoms with Crippen LogP contribution in [-0.4, -0.2) is 28.8 Å². The molecule has 9 heteroatoms. The molecule has 0 saturated carbocycles. The van der Waals surface area contributed by atoms with E-state index in [4.69, 9.17) is 0 Å². The Morgan fingerprint density at radius 1 is 1.10 bits per heavy atom. The highest BCUT2D eigenvalue weighted by Gasteiger charge is 2.28. The van der Waals surface area contributed by atoms with Crippen LogP contribution >= 0.6 is 0 Å². The summed E-state index contributed by atoms with van der Waals surface area (Å²) in [7, 11) is -3.46. The van der Waals surface area contributed by atoms with Crippen molar-refractivity contribution in [3.8, 4) is 0 Å². The first kappa shape index (κ1) is 20.2. The summed E-state index contributed by atoms with van der Waals surface area (Å²) < 4.78 is 53.0. The number of H-pyrrole nitrogens is 1. The minimum absolute atomic E-state index is 0.148. The smallest absolute Gasteiger partial charge is 0.272 e. The zero-order valence-electron chi connectivity index (χ0n) is 16.6. The molecule has 2 heterocycles. The van der Waals surface area contributed by atoms with Crippen molar-refractivity contribution >= 4 is 43.1 Å². The fraction of sp³-hybridized carbons (Fsp3) is 0.238. The fourth-order valence-corrected chi connectivity index (χ4v) is 4.40. The normalized spacial score (nSPS) is 12.7. The Hall–Kier alpha value is -3.07. The van der Waals surface area contributed by atoms with Crippen molar-refractivity contribution in [2.24, 2.45) is 0 Å². The molecule has 2 aromatic heterocycles. The van der Waals surface area contributed by atoms with E-state index in [9.17, 15) is 17.2 Å². The molecule has 156 valence electrons. The second kappa shape index (κ2) is 7.02. The maximum absolute atomic E-state index is 13.9. The maximum Gasteiger partial charge on any atom is 0.272 e. The number of alkyl halides is 2. The fourth-order valence-electron chi connectivity index (χ4n) is 3.31. The van der Waals surface area contributed by atoms with E-state index in [1.54, 1.807) is 50.4 Å². The second-order valence-corrected chi connectivity index (χ2v) is 9.95. The number of nitrogens with zero attached hydrogens (tertiary/aromatic N) is 2. The van der Waals surface area contributed by atoms with Crippen molar-refractivity contribution in [3.05, 3.63) is 54.2 Å². The van der Waals surface area contributed by atoms with E-state index in [0.717, 1.165) is 6.92 Å². The number of hydrogen-bond donors (Lipinski definition) is 2. The quantitative estimate of drug-likeness (QED) is 0.457. The average molecular weight is 430 g/mol. The van der Waals surface area contributed by atoms with Crippen LogP contribution in [0.1, 0.15) is 26.3 Å². The summed E-state index contributed by atoms with van der Waals surface area (Å²) in [4.78, 5) is 4.48. The number of rotatable bonds is 5. The molecular formula is C21H20F2N4O2S. The molecule has 30 heavy (non-hydrogen) atoms. The van der Waals surface area contributed by atoms with Crippen LogP contribution < -0.4 is 5.32 Å². The molecule has 0 amide bonds. The van der Waals surface area contributed by atoms with Crippen LogP contribution in [0.5, 0.6) is 0 Å². The molecule has 4 aromatic rings. The molecule has 0 fully saturated rings. The molecule has 0 unspecified atom stereocenters. The summed E-state index contributed by atoms with van der Waals surface area (Å²) in [6.07, 6.45) is 1.59. The van der Waals surface area contributed by atoms with E-state index < -0.39 is 21.0 Å². The van der Waals surface area contributed by atoms with Crippen molar-refractivity contribution in [2.75, 3.05) is 5.32 Å². The summed E-state index contributed by atoms with van der Waals surface area (Å²) in [5, 5.41) is 10.5. The van der Waals surface area contributed by atoms with Crippen molar-refractivity contribution in [1.29, 1.82) is 0 Å². The number of benzene rings is 2. The van der Waals surface area contributed by atoms with E-state index in [0.29, 0.717) is 27.8 Å². The third kappa shape index (κ3) is 3.39. The van der Waals surface area contributed by atoms with Gasteiger partial charge < -0.3 is 5.32 Å². The third-order valence-corrected chi connectivity index (χ3v) is 7.14. The molecular weight excluding hydrogens is 410 g/mol. The number of aromatic nitrogens is 3. The Labute approximate surface area is 172 Å². The number of anilines is 2. The number of nitrogens with one attached hydrogen (secondary N) is 2. The van der Waals surface area contributed by atoms with Gasteiger partial charge in [-0.15, -0.1) is 0 Å². The van der Waals surface area contributed by atoms with Gasteiger partial charge in [0, 0.05) is 29.5 Å². The minimum Gasteiger partial charge on any atom is -0.338 e. The molecule has 2 N–H and O–H groups in total. The van der Waals surface area contributed by atoms with Gasteiger partial charge >= 0.3 is 0 Å². The van der Waals surface area contributed by atoms with Crippen molar-refractivity contribution < 1.29 is 17.2 Å². The Bertz CT molecular complexity index is 1360. The number of fused-ring (bicyclic) bond motifs is 2. The van der Waals surface area contributed by atoms with E-state index in [1.165, 1.54) is 12.1 Å². The molecule has 0 radical (unpaired) electrons. The molecule has 0 spiro atoms. The van der Waals surface area contributed by atoms with Crippen LogP contribution in [0, 0.1) is 0 Å². The Morgan fingerprint density at radius 2 is 1.87 bits per heavy atom. The van der Waals surface area contributed by atoms with E-state index in [-0.39, 0.29) is 16.0 Å². The Balaban J connectivity index is 1.83. The third-order valence-electron chi connectivity index (χ3n) is 4.99. The van der Waals surface area contributed by atoms with Crippen molar-refractivity contribution in [2.45, 2.75) is 36.8 Å². The second-order valence-electron chi connectivity index (χ2n) is 7.44. The number of halogens is 2. The van der Waals surface area contributed by atoms with Crippen LogP contribution in [0.4, 0.5) is 20.3 Å². The zero-order valence-corrected chi connectivity index (χ0v) is 17.4. The molecule has 2 aromatic carbocycles. The maximum atomic E-state index is 13.9. The van der Waals surface area contributed by atoms with Gasteiger partial charge in [0.1, 0.15) is 0 Å². The van der Waals surface area contributed by atoms with Crippen LogP contribution in [0.15, 0.2) is 53.6 Å². The molecule has 0 aliphatic rings. The van der Waals surface area contributed by atoms with Crippen molar-refractivity contribution in [3.63, 3.8) is 0 Å². The number of aromatic amines is 1. The first-order valence-corrected chi connectivity index (χ1v) is 10.9. The van der Waals surface area contributed by atoms with Gasteiger partial charge in [-0.1, -0.05) is 12.1 Å². The van der Waals surface area contributed by atoms with Gasteiger partial charge in [-0.05, 0) is 44.2 Å². The SMILES string of the molecule is CC(C)S(=O)(=O)c1ccc2nccc(Nc3n[nH]c4c(C(C)(F)F)cccc34)c2c1. The lowest BCUT2D eigenvalue weighted by atomic mass is 10.1. The molecule has 6 nitrogen and oxygen atoms in total. The average Bonchev–Trinajstić information content (AvgIpc) is 3.10. The van der Waals surface area contributed by atoms with Crippen LogP contribution in [0.2, 0.25) is 0 Å². The van der Waals surface area contributed by atoms with Crippen LogP contribution in [0.25, 0.3) is 21.8 Å². The largest absolute Gasteiger partial charge is 0.338 e. The highest BCUT2D eigenvalue weighted by Crippen LogP contribution is 2.36. The van der Waals surface area contributed by atoms with Gasteiger partial charge in [0.05, 0.1) is 26.9 Å². The van der Waals surface area contributed by atoms with Crippen molar-refractivity contribution in [1.82, 2.24) is 15.2 Å². The lowest BCUT2D eigenvalue weighted by Crippen LogP contribution is -2.13. The topological polar surface area (TPSA) is 87.7 Å². The summed E-state index contributed by atoms with van der Waals surface area (Å²) in [6, 6.07) is 11.0. The number of hydrogen-bond acceptors (Lipinski definition) is 5. The van der Waals surface area contributed by atoms with Gasteiger partial charge in [0.25, 0.3) is 5.92 Å². The number of para-hydroxylation sites is 1. The highest BCUT2D eigenvalue weighted by molar-refractivity contribution is 7.92. The molecule has 0 aliphatic heterocycles. The van der Waals surface area contributed by atoms with Gasteiger partial charge in [-0.25, -0.2) is 17.2 Å². The Kier molecular flexibility index (Phi) is 4.73. The summed E-state index contributed by atoms with van der Waals surface area (Å²) in [5.41, 5.74) is 1.27. The molecule has 0 saturated heterocycles. The van der Waals surface area contributed by atoms with Gasteiger partial charge in [-0.2, -0.15) is 5.10 Å². The predicted molar refractivity (Wildman–Crippen MR) is 113 cm³/mol. The standard InChI is InChI=1S/C21H20F2N4O2S/c1-12(2)30(28,29)13-7-8-17-15(11-13)18(9-10-24-17)25-20-14-5-4-6-16(21(3,22)23)19(14)26-27-20/h4-12H,1-3H3,(H2,24,25,26,27). The monoisotopic (exact) mass is 430 g/mol. The number of sulfone groups is 1. The first-order valence-electron chi connectivity index (χ1n) is 9.34. The lowest BCUT2D eigenvalue weighted by molar-refractivity contribution is 0.0189. The highest BCUT2D eigenvalue weighted by atomic mass is 32.2. The molecule has 0 aliphatic carbocycles. The van der Waals surface area contributed by atoms with Gasteiger partial charge in [-0.3, -0.25) is 10.1 Å². The summed E-state index contributed by atoms with van der Waals surface area (Å²) >= 11 is 0. The summed E-state index contributed by atoms with van der Waals surface area (Å²) in [5.74, 6) is -2.66. The predicted octanol–water partition coefficient (Wildman–Crippen LogP) is 5.15. The Morgan fingerprint density at radius 3 is 2.57 bits per heavy atom. The van der Waals surface area contributed by atoms with E-state index >= 15 is 0 Å². The van der Waals surface area contributed by atoms with Crippen LogP contribution in [0.3, 0.4) is 0 Å². The minimum atomic E-state index is -3.46. The van der Waals surface area contributed by atoms with Gasteiger partial charge in [0.2, 0.25) is 0 Å². The molecule has 0 atom stereocenters. The lowest BCUT2D eigenvalue weighted by Gasteiger charge is -2.12. The van der Waals surface area contributed by atoms with E-state index in [1.807, 2.05) is 0 Å². The molecule has 4 rings (SSSR count). The summed E-state index contributed by atoms with van der Waals surface area (Å²) in [6.45, 7) is 4.08. The van der Waals surface area contributed by atoms with E-state index in [2.05, 4.69) is 20.5 Å². The van der Waals surface area contributed by atoms with Crippen LogP contribution in [-0.2, 0) is 15.8 Å².